The number of rotatable bonds is 7. The van der Waals surface area contributed by atoms with Gasteiger partial charge in [-0.05, 0) is 12.1 Å². The average molecular weight is 244 g/mol. The van der Waals surface area contributed by atoms with Crippen molar-refractivity contribution in [3.8, 4) is 17.2 Å². The maximum Gasteiger partial charge on any atom is 0.257 e. The minimum atomic E-state index is 0.0850. The molecular formula is C10H12O7. The van der Waals surface area contributed by atoms with E-state index in [0.29, 0.717) is 11.8 Å². The number of hydrogen-bond acceptors (Lipinski definition) is 7. The predicted molar refractivity (Wildman–Crippen MR) is 54.7 cm³/mol. The van der Waals surface area contributed by atoms with E-state index in [1.807, 2.05) is 0 Å². The second-order valence-electron chi connectivity index (χ2n) is 2.71. The van der Waals surface area contributed by atoms with Gasteiger partial charge in [-0.15, -0.1) is 0 Å². The zero-order valence-corrected chi connectivity index (χ0v) is 9.59. The molecule has 7 heteroatoms. The summed E-state index contributed by atoms with van der Waals surface area (Å²) in [6, 6.07) is 2.79. The van der Waals surface area contributed by atoms with Crippen molar-refractivity contribution in [2.75, 3.05) is 21.3 Å². The Morgan fingerprint density at radius 2 is 1.35 bits per heavy atom. The zero-order chi connectivity index (χ0) is 12.7. The molecule has 0 aromatic heterocycles. The van der Waals surface area contributed by atoms with Crippen LogP contribution in [0.3, 0.4) is 0 Å². The summed E-state index contributed by atoms with van der Waals surface area (Å²) < 4.78 is 0. The van der Waals surface area contributed by atoms with E-state index < -0.39 is 0 Å². The number of aldehydes is 1. The van der Waals surface area contributed by atoms with Gasteiger partial charge in [0.05, 0.1) is 21.3 Å². The second kappa shape index (κ2) is 6.69. The Kier molecular flexibility index (Phi) is 5.21. The molecule has 1 aromatic rings. The van der Waals surface area contributed by atoms with Crippen LogP contribution in [0.4, 0.5) is 0 Å². The summed E-state index contributed by atoms with van der Waals surface area (Å²) in [5.74, 6) is 0.318. The van der Waals surface area contributed by atoms with Crippen molar-refractivity contribution in [2.24, 2.45) is 0 Å². The molecule has 0 amide bonds. The van der Waals surface area contributed by atoms with Gasteiger partial charge in [-0.1, -0.05) is 0 Å². The second-order valence-corrected chi connectivity index (χ2v) is 2.71. The number of carbonyl (C=O) groups excluding carboxylic acids is 1. The van der Waals surface area contributed by atoms with Crippen molar-refractivity contribution >= 4 is 6.29 Å². The molecule has 0 heterocycles. The Morgan fingerprint density at radius 3 is 1.71 bits per heavy atom. The monoisotopic (exact) mass is 244 g/mol. The van der Waals surface area contributed by atoms with Crippen LogP contribution < -0.4 is 14.7 Å². The first-order valence-corrected chi connectivity index (χ1v) is 4.52. The van der Waals surface area contributed by atoms with Crippen LogP contribution in [0.5, 0.6) is 17.2 Å². The van der Waals surface area contributed by atoms with Crippen LogP contribution in [0.25, 0.3) is 0 Å². The fourth-order valence-electron chi connectivity index (χ4n) is 1.13. The molecule has 94 valence electrons. The van der Waals surface area contributed by atoms with Crippen molar-refractivity contribution in [3.63, 3.8) is 0 Å². The first-order valence-electron chi connectivity index (χ1n) is 4.52. The molecule has 0 aliphatic carbocycles. The molecule has 0 spiro atoms. The summed E-state index contributed by atoms with van der Waals surface area (Å²) in [4.78, 5) is 38.7. The summed E-state index contributed by atoms with van der Waals surface area (Å²) in [6.07, 6.45) is 0.613. The molecular weight excluding hydrogens is 232 g/mol. The summed E-state index contributed by atoms with van der Waals surface area (Å²) in [5.41, 5.74) is 0.299. The van der Waals surface area contributed by atoms with E-state index in [9.17, 15) is 4.79 Å². The van der Waals surface area contributed by atoms with Gasteiger partial charge in [0.1, 0.15) is 6.29 Å². The highest BCUT2D eigenvalue weighted by molar-refractivity contribution is 5.78. The summed E-state index contributed by atoms with van der Waals surface area (Å²) in [5, 5.41) is 0. The molecule has 0 fully saturated rings. The number of hydrogen-bond donors (Lipinski definition) is 0. The fourth-order valence-corrected chi connectivity index (χ4v) is 1.13. The first-order chi connectivity index (χ1) is 8.26. The zero-order valence-electron chi connectivity index (χ0n) is 9.59. The van der Waals surface area contributed by atoms with Gasteiger partial charge in [0, 0.05) is 5.56 Å². The standard InChI is InChI=1S/C10H12O7/c1-12-15-8-4-7(6-11)5-9(16-13-2)10(8)17-14-3/h4-6H,1-3H3. The lowest BCUT2D eigenvalue weighted by Crippen LogP contribution is -2.02. The minimum absolute atomic E-state index is 0.0850. The fraction of sp³-hybridized carbons (Fsp3) is 0.300. The Hall–Kier alpha value is -1.83. The molecule has 0 unspecified atom stereocenters. The highest BCUT2D eigenvalue weighted by Crippen LogP contribution is 2.38. The lowest BCUT2D eigenvalue weighted by atomic mass is 10.2. The SMILES string of the molecule is COOc1cc(C=O)cc(OOC)c1OOC. The number of benzene rings is 1. The van der Waals surface area contributed by atoms with Crippen LogP contribution in [0, 0.1) is 0 Å². The topological polar surface area (TPSA) is 72.5 Å². The van der Waals surface area contributed by atoms with Gasteiger partial charge in [-0.3, -0.25) is 4.79 Å². The predicted octanol–water partition coefficient (Wildman–Crippen LogP) is 1.32. The molecule has 17 heavy (non-hydrogen) atoms. The first kappa shape index (κ1) is 13.2. The molecule has 1 rings (SSSR count). The lowest BCUT2D eigenvalue weighted by molar-refractivity contribution is -0.214. The maximum absolute atomic E-state index is 10.7. The van der Waals surface area contributed by atoms with Crippen LogP contribution >= 0.6 is 0 Å². The van der Waals surface area contributed by atoms with Crippen LogP contribution in [0.15, 0.2) is 12.1 Å². The quantitative estimate of drug-likeness (QED) is 0.407. The normalized spacial score (nSPS) is 9.82. The van der Waals surface area contributed by atoms with Gasteiger partial charge >= 0.3 is 0 Å². The third-order valence-electron chi connectivity index (χ3n) is 1.69. The van der Waals surface area contributed by atoms with Gasteiger partial charge in [-0.25, -0.2) is 0 Å². The van der Waals surface area contributed by atoms with E-state index in [1.54, 1.807) is 0 Å². The molecule has 0 aliphatic rings. The Bertz CT molecular complexity index is 350. The van der Waals surface area contributed by atoms with Crippen molar-refractivity contribution < 1.29 is 34.1 Å². The maximum atomic E-state index is 10.7. The number of carbonyl (C=O) groups is 1. The van der Waals surface area contributed by atoms with Crippen molar-refractivity contribution in [1.82, 2.24) is 0 Å². The van der Waals surface area contributed by atoms with Gasteiger partial charge < -0.3 is 14.7 Å². The van der Waals surface area contributed by atoms with Gasteiger partial charge in [0.2, 0.25) is 11.5 Å². The molecule has 1 aromatic carbocycles. The molecule has 0 radical (unpaired) electrons. The molecule has 0 N–H and O–H groups in total. The summed E-state index contributed by atoms with van der Waals surface area (Å²) in [6.45, 7) is 0. The van der Waals surface area contributed by atoms with E-state index in [0.717, 1.165) is 0 Å². The Balaban J connectivity index is 3.21. The van der Waals surface area contributed by atoms with E-state index in [-0.39, 0.29) is 17.2 Å². The third-order valence-corrected chi connectivity index (χ3v) is 1.69. The molecule has 7 nitrogen and oxygen atoms in total. The van der Waals surface area contributed by atoms with E-state index >= 15 is 0 Å². The van der Waals surface area contributed by atoms with Crippen LogP contribution in [-0.4, -0.2) is 27.6 Å². The van der Waals surface area contributed by atoms with E-state index in [4.69, 9.17) is 14.7 Å². The van der Waals surface area contributed by atoms with Crippen LogP contribution in [0.2, 0.25) is 0 Å². The highest BCUT2D eigenvalue weighted by atomic mass is 17.2. The average Bonchev–Trinajstić information content (AvgIpc) is 2.33. The van der Waals surface area contributed by atoms with Crippen molar-refractivity contribution in [2.45, 2.75) is 0 Å². The Morgan fingerprint density at radius 1 is 0.882 bits per heavy atom. The summed E-state index contributed by atoms with van der Waals surface area (Å²) in [7, 11) is 3.92. The third kappa shape index (κ3) is 3.31. The highest BCUT2D eigenvalue weighted by Gasteiger charge is 2.18. The van der Waals surface area contributed by atoms with Crippen molar-refractivity contribution in [3.05, 3.63) is 17.7 Å². The van der Waals surface area contributed by atoms with Crippen LogP contribution in [0.1, 0.15) is 10.4 Å². The van der Waals surface area contributed by atoms with E-state index in [2.05, 4.69) is 14.7 Å². The largest absolute Gasteiger partial charge is 0.333 e. The molecule has 0 aliphatic heterocycles. The van der Waals surface area contributed by atoms with Crippen LogP contribution in [-0.2, 0) is 14.7 Å². The molecule has 0 bridgehead atoms. The minimum Gasteiger partial charge on any atom is -0.333 e. The van der Waals surface area contributed by atoms with Crippen molar-refractivity contribution in [1.29, 1.82) is 0 Å². The van der Waals surface area contributed by atoms with Gasteiger partial charge in [0.15, 0.2) is 0 Å². The summed E-state index contributed by atoms with van der Waals surface area (Å²) >= 11 is 0. The Labute approximate surface area is 97.5 Å². The van der Waals surface area contributed by atoms with E-state index in [1.165, 1.54) is 33.5 Å². The van der Waals surface area contributed by atoms with Gasteiger partial charge in [-0.2, -0.15) is 14.7 Å². The van der Waals surface area contributed by atoms with Gasteiger partial charge in [0.25, 0.3) is 5.75 Å². The molecule has 0 atom stereocenters. The molecule has 0 saturated carbocycles. The smallest absolute Gasteiger partial charge is 0.257 e. The lowest BCUT2D eigenvalue weighted by Gasteiger charge is -2.11. The molecule has 0 saturated heterocycles.